The van der Waals surface area contributed by atoms with Crippen molar-refractivity contribution in [3.63, 3.8) is 0 Å². The van der Waals surface area contributed by atoms with E-state index in [9.17, 15) is 4.79 Å². The highest BCUT2D eigenvalue weighted by Crippen LogP contribution is 2.26. The lowest BCUT2D eigenvalue weighted by Gasteiger charge is -2.10. The Bertz CT molecular complexity index is 967. The molecule has 28 heavy (non-hydrogen) atoms. The third kappa shape index (κ3) is 4.61. The monoisotopic (exact) mass is 399 g/mol. The molecule has 0 saturated carbocycles. The van der Waals surface area contributed by atoms with E-state index >= 15 is 0 Å². The molecule has 0 spiro atoms. The number of nitrogens with one attached hydrogen (secondary N) is 1. The van der Waals surface area contributed by atoms with Crippen molar-refractivity contribution >= 4 is 23.4 Å². The number of thioether (sulfide) groups is 1. The van der Waals surface area contributed by atoms with Gasteiger partial charge < -0.3 is 14.8 Å². The Morgan fingerprint density at radius 1 is 1.11 bits per heavy atom. The van der Waals surface area contributed by atoms with Gasteiger partial charge in [0.05, 0.1) is 25.7 Å². The van der Waals surface area contributed by atoms with Gasteiger partial charge in [0.15, 0.2) is 0 Å². The average Bonchev–Trinajstić information content (AvgIpc) is 3.16. The van der Waals surface area contributed by atoms with Gasteiger partial charge in [-0.05, 0) is 41.5 Å². The first-order valence-corrected chi connectivity index (χ1v) is 9.50. The van der Waals surface area contributed by atoms with Crippen LogP contribution in [0, 0.1) is 13.8 Å². The SMILES string of the molecule is COc1cc(NC(=O)CSc2nnnn2-c2cc(C)ccc2C)cc(OC)c1. The Kier molecular flexibility index (Phi) is 6.15. The van der Waals surface area contributed by atoms with Crippen LogP contribution in [-0.4, -0.2) is 46.1 Å². The normalized spacial score (nSPS) is 10.6. The van der Waals surface area contributed by atoms with E-state index in [0.29, 0.717) is 22.3 Å². The van der Waals surface area contributed by atoms with Crippen molar-refractivity contribution in [2.45, 2.75) is 19.0 Å². The predicted octanol–water partition coefficient (Wildman–Crippen LogP) is 3.03. The number of aryl methyl sites for hydroxylation is 2. The van der Waals surface area contributed by atoms with Crippen LogP contribution in [0.1, 0.15) is 11.1 Å². The second-order valence-corrected chi connectivity index (χ2v) is 7.04. The number of methoxy groups -OCH3 is 2. The van der Waals surface area contributed by atoms with Crippen molar-refractivity contribution in [1.82, 2.24) is 20.2 Å². The van der Waals surface area contributed by atoms with Gasteiger partial charge in [-0.3, -0.25) is 4.79 Å². The minimum absolute atomic E-state index is 0.158. The van der Waals surface area contributed by atoms with E-state index in [1.54, 1.807) is 37.1 Å². The summed E-state index contributed by atoms with van der Waals surface area (Å²) >= 11 is 1.26. The smallest absolute Gasteiger partial charge is 0.234 e. The van der Waals surface area contributed by atoms with E-state index in [2.05, 4.69) is 20.8 Å². The van der Waals surface area contributed by atoms with Gasteiger partial charge >= 0.3 is 0 Å². The predicted molar refractivity (Wildman–Crippen MR) is 108 cm³/mol. The maximum absolute atomic E-state index is 12.4. The molecule has 3 aromatic rings. The molecule has 0 radical (unpaired) electrons. The number of tetrazole rings is 1. The lowest BCUT2D eigenvalue weighted by molar-refractivity contribution is -0.113. The maximum Gasteiger partial charge on any atom is 0.234 e. The Hall–Kier alpha value is -3.07. The van der Waals surface area contributed by atoms with Gasteiger partial charge in [0.25, 0.3) is 0 Å². The van der Waals surface area contributed by atoms with Crippen LogP contribution in [0.2, 0.25) is 0 Å². The molecule has 0 fully saturated rings. The van der Waals surface area contributed by atoms with Gasteiger partial charge in [0.2, 0.25) is 11.1 Å². The average molecular weight is 399 g/mol. The molecule has 0 unspecified atom stereocenters. The van der Waals surface area contributed by atoms with Gasteiger partial charge in [-0.1, -0.05) is 23.9 Å². The number of ether oxygens (including phenoxy) is 2. The molecule has 0 bridgehead atoms. The summed E-state index contributed by atoms with van der Waals surface area (Å²) in [6.07, 6.45) is 0. The zero-order chi connectivity index (χ0) is 20.1. The Morgan fingerprint density at radius 3 is 2.50 bits per heavy atom. The summed E-state index contributed by atoms with van der Waals surface area (Å²) in [7, 11) is 3.12. The van der Waals surface area contributed by atoms with Gasteiger partial charge in [0, 0.05) is 23.9 Å². The Balaban J connectivity index is 1.70. The number of carbonyl (C=O) groups is 1. The summed E-state index contributed by atoms with van der Waals surface area (Å²) in [5.41, 5.74) is 3.64. The maximum atomic E-state index is 12.4. The molecule has 0 aliphatic heterocycles. The summed E-state index contributed by atoms with van der Waals surface area (Å²) in [6, 6.07) is 11.3. The highest BCUT2D eigenvalue weighted by molar-refractivity contribution is 7.99. The minimum atomic E-state index is -0.184. The van der Waals surface area contributed by atoms with Crippen molar-refractivity contribution in [2.24, 2.45) is 0 Å². The van der Waals surface area contributed by atoms with Crippen molar-refractivity contribution in [2.75, 3.05) is 25.3 Å². The fraction of sp³-hybridized carbons (Fsp3) is 0.263. The van der Waals surface area contributed by atoms with Gasteiger partial charge in [0.1, 0.15) is 11.5 Å². The van der Waals surface area contributed by atoms with Crippen LogP contribution in [0.25, 0.3) is 5.69 Å². The van der Waals surface area contributed by atoms with Crippen molar-refractivity contribution in [3.05, 3.63) is 47.5 Å². The van der Waals surface area contributed by atoms with E-state index in [4.69, 9.17) is 9.47 Å². The third-order valence-electron chi connectivity index (χ3n) is 4.00. The quantitative estimate of drug-likeness (QED) is 0.611. The summed E-state index contributed by atoms with van der Waals surface area (Å²) in [4.78, 5) is 12.4. The van der Waals surface area contributed by atoms with Crippen LogP contribution in [0.4, 0.5) is 5.69 Å². The first kappa shape index (κ1) is 19.7. The second kappa shape index (κ2) is 8.75. The molecule has 1 N–H and O–H groups in total. The molecule has 3 rings (SSSR count). The van der Waals surface area contributed by atoms with Crippen molar-refractivity contribution in [1.29, 1.82) is 0 Å². The van der Waals surface area contributed by atoms with Gasteiger partial charge in [-0.15, -0.1) is 5.10 Å². The first-order valence-electron chi connectivity index (χ1n) is 8.52. The van der Waals surface area contributed by atoms with Gasteiger partial charge in [-0.25, -0.2) is 0 Å². The first-order chi connectivity index (χ1) is 13.5. The summed E-state index contributed by atoms with van der Waals surface area (Å²) in [5.74, 6) is 1.17. The fourth-order valence-corrected chi connectivity index (χ4v) is 3.26. The molecule has 146 valence electrons. The molecular weight excluding hydrogens is 378 g/mol. The molecular formula is C19H21N5O3S. The summed E-state index contributed by atoms with van der Waals surface area (Å²) in [6.45, 7) is 4.00. The number of aromatic nitrogens is 4. The lowest BCUT2D eigenvalue weighted by Crippen LogP contribution is -2.15. The highest BCUT2D eigenvalue weighted by atomic mass is 32.2. The molecule has 0 aliphatic carbocycles. The molecule has 1 amide bonds. The van der Waals surface area contributed by atoms with Crippen LogP contribution >= 0.6 is 11.8 Å². The number of hydrogen-bond donors (Lipinski definition) is 1. The largest absolute Gasteiger partial charge is 0.497 e. The van der Waals surface area contributed by atoms with Crippen LogP contribution < -0.4 is 14.8 Å². The topological polar surface area (TPSA) is 91.2 Å². The van der Waals surface area contributed by atoms with E-state index in [0.717, 1.165) is 16.8 Å². The molecule has 8 nitrogen and oxygen atoms in total. The minimum Gasteiger partial charge on any atom is -0.497 e. The van der Waals surface area contributed by atoms with E-state index in [1.807, 2.05) is 32.0 Å². The van der Waals surface area contributed by atoms with Crippen molar-refractivity contribution in [3.8, 4) is 17.2 Å². The number of anilines is 1. The van der Waals surface area contributed by atoms with Crippen LogP contribution in [0.5, 0.6) is 11.5 Å². The number of benzene rings is 2. The van der Waals surface area contributed by atoms with Gasteiger partial charge in [-0.2, -0.15) is 4.68 Å². The number of nitrogens with zero attached hydrogens (tertiary/aromatic N) is 4. The number of amides is 1. The van der Waals surface area contributed by atoms with Crippen molar-refractivity contribution < 1.29 is 14.3 Å². The second-order valence-electron chi connectivity index (χ2n) is 6.10. The lowest BCUT2D eigenvalue weighted by atomic mass is 10.1. The fourth-order valence-electron chi connectivity index (χ4n) is 2.57. The highest BCUT2D eigenvalue weighted by Gasteiger charge is 2.14. The molecule has 1 heterocycles. The van der Waals surface area contributed by atoms with E-state index < -0.39 is 0 Å². The molecule has 2 aromatic carbocycles. The van der Waals surface area contributed by atoms with E-state index in [1.165, 1.54) is 11.8 Å². The molecule has 1 aromatic heterocycles. The molecule has 0 saturated heterocycles. The number of hydrogen-bond acceptors (Lipinski definition) is 7. The number of carbonyl (C=O) groups excluding carboxylic acids is 1. The standard InChI is InChI=1S/C19H21N5O3S/c1-12-5-6-13(2)17(7-12)24-19(21-22-23-24)28-11-18(25)20-14-8-15(26-3)10-16(9-14)27-4/h5-10H,11H2,1-4H3,(H,20,25). The Labute approximate surface area is 167 Å². The zero-order valence-corrected chi connectivity index (χ0v) is 16.9. The summed E-state index contributed by atoms with van der Waals surface area (Å²) < 4.78 is 12.1. The molecule has 9 heteroatoms. The third-order valence-corrected chi connectivity index (χ3v) is 4.92. The zero-order valence-electron chi connectivity index (χ0n) is 16.1. The summed E-state index contributed by atoms with van der Waals surface area (Å²) in [5, 5.41) is 15.2. The van der Waals surface area contributed by atoms with Crippen LogP contribution in [-0.2, 0) is 4.79 Å². The van der Waals surface area contributed by atoms with Crippen LogP contribution in [0.3, 0.4) is 0 Å². The van der Waals surface area contributed by atoms with E-state index in [-0.39, 0.29) is 11.7 Å². The van der Waals surface area contributed by atoms with Crippen LogP contribution in [0.15, 0.2) is 41.6 Å². The molecule has 0 aliphatic rings. The molecule has 0 atom stereocenters. The Morgan fingerprint density at radius 2 is 1.82 bits per heavy atom. The number of rotatable bonds is 7.